The Morgan fingerprint density at radius 2 is 2.23 bits per heavy atom. The number of halogens is 1. The summed E-state index contributed by atoms with van der Waals surface area (Å²) in [7, 11) is 0. The molecule has 2 atom stereocenters. The number of carbonyl (C=O) groups is 1. The highest BCUT2D eigenvalue weighted by molar-refractivity contribution is 5.88. The van der Waals surface area contributed by atoms with Crippen LogP contribution in [-0.4, -0.2) is 33.9 Å². The Labute approximate surface area is 179 Å². The van der Waals surface area contributed by atoms with Crippen molar-refractivity contribution in [3.63, 3.8) is 0 Å². The van der Waals surface area contributed by atoms with E-state index in [0.717, 1.165) is 49.2 Å². The van der Waals surface area contributed by atoms with Crippen molar-refractivity contribution in [3.05, 3.63) is 53.7 Å². The first-order valence-electron chi connectivity index (χ1n) is 10.5. The summed E-state index contributed by atoms with van der Waals surface area (Å²) < 4.78 is 14.0. The number of piperidine rings is 1. The van der Waals surface area contributed by atoms with Gasteiger partial charge in [-0.15, -0.1) is 0 Å². The maximum Gasteiger partial charge on any atom is 0.224 e. The number of anilines is 1. The molecule has 0 bridgehead atoms. The molecule has 1 aromatic carbocycles. The van der Waals surface area contributed by atoms with E-state index in [9.17, 15) is 9.18 Å². The number of fused-ring (bicyclic) bond motifs is 1. The lowest BCUT2D eigenvalue weighted by Crippen LogP contribution is -2.48. The Bertz CT molecular complexity index is 1190. The van der Waals surface area contributed by atoms with E-state index >= 15 is 0 Å². The van der Waals surface area contributed by atoms with Crippen molar-refractivity contribution in [1.82, 2.24) is 20.3 Å². The van der Waals surface area contributed by atoms with Crippen LogP contribution in [0.2, 0.25) is 0 Å². The third-order valence-electron chi connectivity index (χ3n) is 6.75. The lowest BCUT2D eigenvalue weighted by molar-refractivity contribution is -0.128. The molecule has 1 amide bonds. The molecule has 3 heterocycles. The molecule has 2 fully saturated rings. The molecule has 1 aliphatic carbocycles. The van der Waals surface area contributed by atoms with Gasteiger partial charge in [0.25, 0.3) is 0 Å². The first kappa shape index (κ1) is 19.5. The monoisotopic (exact) mass is 418 g/mol. The summed E-state index contributed by atoms with van der Waals surface area (Å²) in [5.41, 5.74) is 1.44. The molecule has 2 aromatic heterocycles. The van der Waals surface area contributed by atoms with Gasteiger partial charge >= 0.3 is 0 Å². The fourth-order valence-corrected chi connectivity index (χ4v) is 4.82. The number of carbonyl (C=O) groups excluding carboxylic acids is 1. The van der Waals surface area contributed by atoms with Crippen LogP contribution >= 0.6 is 0 Å². The number of nitrogens with zero attached hydrogens (tertiary/aromatic N) is 4. The van der Waals surface area contributed by atoms with Crippen LogP contribution in [0.1, 0.15) is 43.4 Å². The SMILES string of the molecule is C[C@H](NC(=O)[C@H]1CCN(c2ncnc3[nH]ccc23)CC12CC2)c1ccc(C#N)c(F)c1. The summed E-state index contributed by atoms with van der Waals surface area (Å²) in [6.07, 6.45) is 6.22. The molecule has 2 N–H and O–H groups in total. The lowest BCUT2D eigenvalue weighted by atomic mass is 9.81. The van der Waals surface area contributed by atoms with Crippen molar-refractivity contribution in [2.45, 2.75) is 32.2 Å². The number of amides is 1. The second-order valence-electron chi connectivity index (χ2n) is 8.64. The van der Waals surface area contributed by atoms with Gasteiger partial charge in [0.2, 0.25) is 5.91 Å². The molecule has 3 aromatic rings. The summed E-state index contributed by atoms with van der Waals surface area (Å²) in [5, 5.41) is 13.0. The highest BCUT2D eigenvalue weighted by Crippen LogP contribution is 2.56. The van der Waals surface area contributed by atoms with Crippen LogP contribution < -0.4 is 10.2 Å². The minimum atomic E-state index is -0.561. The Hall–Kier alpha value is -3.47. The summed E-state index contributed by atoms with van der Waals surface area (Å²) in [4.78, 5) is 27.3. The molecule has 158 valence electrons. The van der Waals surface area contributed by atoms with Gasteiger partial charge in [-0.05, 0) is 55.4 Å². The van der Waals surface area contributed by atoms with Crippen molar-refractivity contribution in [2.75, 3.05) is 18.0 Å². The van der Waals surface area contributed by atoms with E-state index in [4.69, 9.17) is 5.26 Å². The predicted molar refractivity (Wildman–Crippen MR) is 114 cm³/mol. The molecule has 7 nitrogen and oxygen atoms in total. The maximum absolute atomic E-state index is 14.0. The highest BCUT2D eigenvalue weighted by Gasteiger charge is 2.55. The van der Waals surface area contributed by atoms with Gasteiger partial charge in [-0.3, -0.25) is 4.79 Å². The van der Waals surface area contributed by atoms with Crippen molar-refractivity contribution in [1.29, 1.82) is 5.26 Å². The Kier molecular flexibility index (Phi) is 4.62. The molecule has 1 saturated heterocycles. The van der Waals surface area contributed by atoms with Crippen molar-refractivity contribution < 1.29 is 9.18 Å². The lowest BCUT2D eigenvalue weighted by Gasteiger charge is -2.39. The largest absolute Gasteiger partial charge is 0.355 e. The normalized spacial score (nSPS) is 20.4. The van der Waals surface area contributed by atoms with E-state index in [-0.39, 0.29) is 28.8 Å². The number of H-pyrrole nitrogens is 1. The second-order valence-corrected chi connectivity index (χ2v) is 8.64. The van der Waals surface area contributed by atoms with E-state index in [2.05, 4.69) is 25.2 Å². The quantitative estimate of drug-likeness (QED) is 0.676. The fraction of sp³-hybridized carbons (Fsp3) is 0.391. The Morgan fingerprint density at radius 1 is 1.39 bits per heavy atom. The maximum atomic E-state index is 14.0. The molecule has 1 aliphatic heterocycles. The minimum absolute atomic E-state index is 0.00725. The Morgan fingerprint density at radius 3 is 2.97 bits per heavy atom. The van der Waals surface area contributed by atoms with Gasteiger partial charge in [-0.1, -0.05) is 6.07 Å². The van der Waals surface area contributed by atoms with Crippen LogP contribution in [0.15, 0.2) is 36.8 Å². The van der Waals surface area contributed by atoms with E-state index in [0.29, 0.717) is 5.56 Å². The number of hydrogen-bond donors (Lipinski definition) is 2. The van der Waals surface area contributed by atoms with Gasteiger partial charge in [0.1, 0.15) is 29.7 Å². The van der Waals surface area contributed by atoms with Crippen LogP contribution in [0, 0.1) is 28.5 Å². The number of aromatic amines is 1. The first-order valence-corrected chi connectivity index (χ1v) is 10.5. The van der Waals surface area contributed by atoms with Crippen LogP contribution in [0.4, 0.5) is 10.2 Å². The molecule has 1 saturated carbocycles. The van der Waals surface area contributed by atoms with Gasteiger partial charge in [0.15, 0.2) is 0 Å². The van der Waals surface area contributed by atoms with Crippen molar-refractivity contribution in [3.8, 4) is 6.07 Å². The number of nitrogens with one attached hydrogen (secondary N) is 2. The van der Waals surface area contributed by atoms with E-state index < -0.39 is 5.82 Å². The van der Waals surface area contributed by atoms with Crippen molar-refractivity contribution in [2.24, 2.45) is 11.3 Å². The van der Waals surface area contributed by atoms with Crippen LogP contribution in [0.25, 0.3) is 11.0 Å². The fourth-order valence-electron chi connectivity index (χ4n) is 4.82. The zero-order valence-corrected chi connectivity index (χ0v) is 17.2. The molecule has 2 aliphatic rings. The van der Waals surface area contributed by atoms with Crippen molar-refractivity contribution >= 4 is 22.8 Å². The van der Waals surface area contributed by atoms with Crippen LogP contribution in [0.5, 0.6) is 0 Å². The zero-order chi connectivity index (χ0) is 21.6. The zero-order valence-electron chi connectivity index (χ0n) is 17.2. The van der Waals surface area contributed by atoms with E-state index in [1.165, 1.54) is 12.1 Å². The summed E-state index contributed by atoms with van der Waals surface area (Å²) in [5.74, 6) is 0.300. The average Bonchev–Trinajstić information content (AvgIpc) is 3.34. The van der Waals surface area contributed by atoms with Gasteiger partial charge in [0, 0.05) is 25.2 Å². The standard InChI is InChI=1S/C23H23FN6O/c1-14(15-2-3-16(11-25)19(24)10-15)29-22(31)18-5-9-30(12-23(18)6-7-23)21-17-4-8-26-20(17)27-13-28-21/h2-4,8,10,13-14,18H,5-7,9,12H2,1H3,(H,29,31)(H,26,27,28)/t14-,18+/m0/s1. The van der Waals surface area contributed by atoms with Gasteiger partial charge in [-0.25, -0.2) is 14.4 Å². The number of benzene rings is 1. The summed E-state index contributed by atoms with van der Waals surface area (Å²) in [6, 6.07) is 7.96. The Balaban J connectivity index is 1.30. The number of rotatable bonds is 4. The number of hydrogen-bond acceptors (Lipinski definition) is 5. The molecule has 1 spiro atoms. The minimum Gasteiger partial charge on any atom is -0.355 e. The topological polar surface area (TPSA) is 97.7 Å². The van der Waals surface area contributed by atoms with Gasteiger partial charge in [-0.2, -0.15) is 5.26 Å². The molecule has 31 heavy (non-hydrogen) atoms. The third kappa shape index (κ3) is 3.40. The van der Waals surface area contributed by atoms with Crippen LogP contribution in [0.3, 0.4) is 0 Å². The second kappa shape index (κ2) is 7.34. The predicted octanol–water partition coefficient (Wildman–Crippen LogP) is 3.45. The first-order chi connectivity index (χ1) is 15.0. The highest BCUT2D eigenvalue weighted by atomic mass is 19.1. The molecule has 0 radical (unpaired) electrons. The summed E-state index contributed by atoms with van der Waals surface area (Å²) in [6.45, 7) is 3.39. The smallest absolute Gasteiger partial charge is 0.224 e. The number of nitriles is 1. The molecule has 5 rings (SSSR count). The van der Waals surface area contributed by atoms with Gasteiger partial charge < -0.3 is 15.2 Å². The molecular weight excluding hydrogens is 395 g/mol. The summed E-state index contributed by atoms with van der Waals surface area (Å²) >= 11 is 0. The third-order valence-corrected chi connectivity index (χ3v) is 6.75. The molecular formula is C23H23FN6O. The molecule has 8 heteroatoms. The van der Waals surface area contributed by atoms with E-state index in [1.54, 1.807) is 12.4 Å². The average molecular weight is 418 g/mol. The number of aromatic nitrogens is 3. The molecule has 0 unspecified atom stereocenters. The van der Waals surface area contributed by atoms with E-state index in [1.807, 2.05) is 25.3 Å². The van der Waals surface area contributed by atoms with Crippen LogP contribution in [-0.2, 0) is 4.79 Å². The van der Waals surface area contributed by atoms with Gasteiger partial charge in [0.05, 0.1) is 17.0 Å².